The maximum absolute atomic E-state index is 6.88. The molecule has 34 valence electrons. The van der Waals surface area contributed by atoms with Crippen LogP contribution in [0.2, 0.25) is 0 Å². The van der Waals surface area contributed by atoms with Crippen LogP contribution in [-0.2, 0) is 19.5 Å². The fraction of sp³-hybridized carbons (Fsp3) is 0. The molecule has 0 atom stereocenters. The monoisotopic (exact) mass is 179 g/mol. The first-order chi connectivity index (χ1) is 1.41. The molecular weight excluding hydrogens is 178 g/mol. The van der Waals surface area contributed by atoms with E-state index < -0.39 is 0 Å². The number of nitrogens with zero attached hydrogens (tertiary/aromatic N) is 1. The number of rotatable bonds is 0. The van der Waals surface area contributed by atoms with Crippen LogP contribution >= 0.6 is 24.8 Å². The third-order valence-electron chi connectivity index (χ3n) is 0. The van der Waals surface area contributed by atoms with Crippen molar-refractivity contribution in [3.63, 3.8) is 0 Å². The minimum Gasteiger partial charge on any atom is -0.443 e. The molecule has 0 bridgehead atoms. The standard InChI is InChI=1S/CHNO.2ClH.Zn/c2-1-3;;;/h3H;2*1H;. The van der Waals surface area contributed by atoms with Crippen LogP contribution < -0.4 is 0 Å². The fourth-order valence-electron chi connectivity index (χ4n) is 0. The van der Waals surface area contributed by atoms with Gasteiger partial charge in [0.1, 0.15) is 0 Å². The van der Waals surface area contributed by atoms with Gasteiger partial charge in [-0.15, -0.1) is 24.8 Å². The Kier molecular flexibility index (Phi) is 261. The largest absolute Gasteiger partial charge is 0.443 e. The Morgan fingerprint density at radius 2 is 1.33 bits per heavy atom. The van der Waals surface area contributed by atoms with Gasteiger partial charge in [0.2, 0.25) is 0 Å². The first kappa shape index (κ1) is 31.5. The molecule has 5 heteroatoms. The van der Waals surface area contributed by atoms with Crippen molar-refractivity contribution in [3.8, 4) is 6.26 Å². The molecule has 0 amide bonds. The first-order valence-electron chi connectivity index (χ1n) is 0.447. The van der Waals surface area contributed by atoms with Gasteiger partial charge >= 0.3 is 0 Å². The number of hydrogen-bond donors (Lipinski definition) is 1. The van der Waals surface area contributed by atoms with E-state index >= 15 is 0 Å². The predicted molar refractivity (Wildman–Crippen MR) is 22.0 cm³/mol. The van der Waals surface area contributed by atoms with E-state index in [1.807, 2.05) is 0 Å². The Balaban J connectivity index is -0.00000000667. The fourth-order valence-corrected chi connectivity index (χ4v) is 0. The molecule has 2 nitrogen and oxygen atoms in total. The van der Waals surface area contributed by atoms with E-state index in [1.165, 1.54) is 0 Å². The van der Waals surface area contributed by atoms with Crippen molar-refractivity contribution in [3.05, 3.63) is 0 Å². The van der Waals surface area contributed by atoms with Crippen LogP contribution in [-0.4, -0.2) is 5.11 Å². The summed E-state index contributed by atoms with van der Waals surface area (Å²) in [6, 6.07) is 0. The Morgan fingerprint density at radius 1 is 1.33 bits per heavy atom. The van der Waals surface area contributed by atoms with Crippen molar-refractivity contribution < 1.29 is 24.6 Å². The molecule has 0 aliphatic heterocycles. The first-order valence-corrected chi connectivity index (χ1v) is 0.447. The van der Waals surface area contributed by atoms with Crippen molar-refractivity contribution in [2.45, 2.75) is 0 Å². The third-order valence-corrected chi connectivity index (χ3v) is 0. The van der Waals surface area contributed by atoms with Crippen LogP contribution in [0.1, 0.15) is 0 Å². The summed E-state index contributed by atoms with van der Waals surface area (Å²) in [5, 5.41) is 13.8. The third kappa shape index (κ3) is 225. The van der Waals surface area contributed by atoms with Crippen LogP contribution in [0, 0.1) is 11.5 Å². The van der Waals surface area contributed by atoms with Crippen LogP contribution in [0.25, 0.3) is 0 Å². The van der Waals surface area contributed by atoms with Gasteiger partial charge in [-0.05, 0) is 0 Å². The van der Waals surface area contributed by atoms with Gasteiger partial charge in [0.15, 0.2) is 0 Å². The Bertz CT molecular complexity index is 35.0. The molecule has 0 fully saturated rings. The average molecular weight is 181 g/mol. The van der Waals surface area contributed by atoms with Crippen LogP contribution in [0.15, 0.2) is 0 Å². The second-order valence-corrected chi connectivity index (χ2v) is 0.100. The van der Waals surface area contributed by atoms with Crippen LogP contribution in [0.5, 0.6) is 0 Å². The molecule has 0 saturated heterocycles. The second kappa shape index (κ2) is 49.7. The smallest absolute Gasteiger partial charge is 0.283 e. The maximum Gasteiger partial charge on any atom is 0.283 e. The van der Waals surface area contributed by atoms with E-state index in [9.17, 15) is 0 Å². The number of hydrogen-bond acceptors (Lipinski definition) is 2. The summed E-state index contributed by atoms with van der Waals surface area (Å²) in [7, 11) is 0. The molecule has 0 aromatic carbocycles. The minimum absolute atomic E-state index is 0. The van der Waals surface area contributed by atoms with E-state index in [-0.39, 0.29) is 44.3 Å². The average Bonchev–Trinajstić information content (AvgIpc) is 0.918. The molecule has 0 aliphatic rings. The molecule has 0 heterocycles. The van der Waals surface area contributed by atoms with Gasteiger partial charge in [-0.25, -0.2) is 0 Å². The van der Waals surface area contributed by atoms with E-state index in [0.29, 0.717) is 0 Å². The summed E-state index contributed by atoms with van der Waals surface area (Å²) >= 11 is 0. The van der Waals surface area contributed by atoms with E-state index in [2.05, 4.69) is 0 Å². The molecule has 0 spiro atoms. The van der Waals surface area contributed by atoms with Gasteiger partial charge in [-0.2, -0.15) is 5.26 Å². The SMILES string of the molecule is Cl.Cl.N#CO.[Zn]. The maximum atomic E-state index is 6.88. The summed E-state index contributed by atoms with van der Waals surface area (Å²) in [6.07, 6.45) is 0.750. The summed E-state index contributed by atoms with van der Waals surface area (Å²) in [5.41, 5.74) is 0. The Labute approximate surface area is 61.1 Å². The predicted octanol–water partition coefficient (Wildman–Crippen LogP) is 0.681. The number of aliphatic hydroxyl groups excluding tert-OH is 1. The minimum atomic E-state index is 0. The van der Waals surface area contributed by atoms with Gasteiger partial charge in [-0.3, -0.25) is 0 Å². The van der Waals surface area contributed by atoms with Gasteiger partial charge in [0.05, 0.1) is 0 Å². The van der Waals surface area contributed by atoms with Crippen LogP contribution in [0.4, 0.5) is 0 Å². The van der Waals surface area contributed by atoms with Crippen molar-refractivity contribution in [2.24, 2.45) is 0 Å². The summed E-state index contributed by atoms with van der Waals surface area (Å²) in [4.78, 5) is 0. The Hall–Kier alpha value is 0.493. The molecule has 0 unspecified atom stereocenters. The second-order valence-electron chi connectivity index (χ2n) is 0.100. The topological polar surface area (TPSA) is 44.0 Å². The van der Waals surface area contributed by atoms with Gasteiger partial charge in [0, 0.05) is 19.5 Å². The molecular formula is CH3Cl2NOZn. The van der Waals surface area contributed by atoms with Crippen LogP contribution in [0.3, 0.4) is 0 Å². The quantitative estimate of drug-likeness (QED) is 0.441. The van der Waals surface area contributed by atoms with Gasteiger partial charge in [0.25, 0.3) is 6.26 Å². The van der Waals surface area contributed by atoms with E-state index in [1.54, 1.807) is 0 Å². The Morgan fingerprint density at radius 3 is 1.33 bits per heavy atom. The van der Waals surface area contributed by atoms with Crippen molar-refractivity contribution in [2.75, 3.05) is 0 Å². The molecule has 6 heavy (non-hydrogen) atoms. The van der Waals surface area contributed by atoms with Crippen molar-refractivity contribution in [1.82, 2.24) is 0 Å². The van der Waals surface area contributed by atoms with E-state index in [0.717, 1.165) is 6.26 Å². The number of halogens is 2. The zero-order valence-corrected chi connectivity index (χ0v) is 7.52. The summed E-state index contributed by atoms with van der Waals surface area (Å²) in [5.74, 6) is 0. The molecule has 1 N–H and O–H groups in total. The summed E-state index contributed by atoms with van der Waals surface area (Å²) in [6.45, 7) is 0. The normalized spacial score (nSPS) is 1.17. The van der Waals surface area contributed by atoms with Gasteiger partial charge < -0.3 is 5.11 Å². The van der Waals surface area contributed by atoms with E-state index in [4.69, 9.17) is 10.4 Å². The molecule has 0 rings (SSSR count). The molecule has 0 radical (unpaired) electrons. The van der Waals surface area contributed by atoms with Gasteiger partial charge in [-0.1, -0.05) is 0 Å². The number of aliphatic hydroxyl groups is 1. The zero-order chi connectivity index (χ0) is 2.71. The molecule has 0 saturated carbocycles. The molecule has 0 aromatic heterocycles. The van der Waals surface area contributed by atoms with Crippen molar-refractivity contribution in [1.29, 1.82) is 5.26 Å². The molecule has 0 aliphatic carbocycles. The zero-order valence-electron chi connectivity index (χ0n) is 2.92. The molecule has 0 aromatic rings. The van der Waals surface area contributed by atoms with Crippen molar-refractivity contribution >= 4 is 24.8 Å². The summed E-state index contributed by atoms with van der Waals surface area (Å²) < 4.78 is 0. The number of nitriles is 1.